The van der Waals surface area contributed by atoms with Gasteiger partial charge in [-0.2, -0.15) is 0 Å². The first kappa shape index (κ1) is 15.3. The Morgan fingerprint density at radius 2 is 2.20 bits per heavy atom. The molecule has 112 valence electrons. The predicted octanol–water partition coefficient (Wildman–Crippen LogP) is 3.22. The van der Waals surface area contributed by atoms with Crippen LogP contribution in [-0.4, -0.2) is 24.4 Å². The Morgan fingerprint density at radius 1 is 1.45 bits per heavy atom. The van der Waals surface area contributed by atoms with Crippen molar-refractivity contribution in [3.63, 3.8) is 0 Å². The van der Waals surface area contributed by atoms with E-state index in [1.807, 2.05) is 6.92 Å². The zero-order chi connectivity index (χ0) is 14.8. The van der Waals surface area contributed by atoms with Gasteiger partial charge in [-0.15, -0.1) is 0 Å². The third-order valence-corrected chi connectivity index (χ3v) is 3.80. The standard InChI is InChI=1S/C17H27NO2/c1-12-6-5-7-14(10-13(2)18)16(12)19-11-15-8-9-17(3,4)20-15/h5-7,13,15H,8-11,18H2,1-4H3. The van der Waals surface area contributed by atoms with Crippen molar-refractivity contribution in [1.82, 2.24) is 0 Å². The van der Waals surface area contributed by atoms with Gasteiger partial charge in [-0.3, -0.25) is 0 Å². The molecule has 1 aromatic rings. The second-order valence-corrected chi connectivity index (χ2v) is 6.59. The van der Waals surface area contributed by atoms with E-state index in [0.717, 1.165) is 25.0 Å². The molecule has 0 aliphatic carbocycles. The highest BCUT2D eigenvalue weighted by Crippen LogP contribution is 2.31. The zero-order valence-corrected chi connectivity index (χ0v) is 13.1. The third-order valence-electron chi connectivity index (χ3n) is 3.80. The van der Waals surface area contributed by atoms with Crippen LogP contribution in [0, 0.1) is 6.92 Å². The lowest BCUT2D eigenvalue weighted by Gasteiger charge is -2.21. The Morgan fingerprint density at radius 3 is 2.80 bits per heavy atom. The van der Waals surface area contributed by atoms with E-state index in [9.17, 15) is 0 Å². The number of rotatable bonds is 5. The van der Waals surface area contributed by atoms with Gasteiger partial charge in [0.2, 0.25) is 0 Å². The van der Waals surface area contributed by atoms with Crippen LogP contribution in [0.5, 0.6) is 5.75 Å². The molecule has 1 fully saturated rings. The molecule has 2 unspecified atom stereocenters. The lowest BCUT2D eigenvalue weighted by atomic mass is 10.0. The van der Waals surface area contributed by atoms with E-state index in [1.54, 1.807) is 0 Å². The van der Waals surface area contributed by atoms with Crippen LogP contribution in [0.25, 0.3) is 0 Å². The number of benzene rings is 1. The molecule has 1 aliphatic rings. The zero-order valence-electron chi connectivity index (χ0n) is 13.1. The van der Waals surface area contributed by atoms with E-state index in [4.69, 9.17) is 15.2 Å². The normalized spacial score (nSPS) is 22.8. The van der Waals surface area contributed by atoms with Crippen molar-refractivity contribution >= 4 is 0 Å². The molecule has 1 heterocycles. The van der Waals surface area contributed by atoms with Gasteiger partial charge >= 0.3 is 0 Å². The maximum atomic E-state index is 6.07. The van der Waals surface area contributed by atoms with Crippen molar-refractivity contribution in [3.8, 4) is 5.75 Å². The molecule has 1 aliphatic heterocycles. The van der Waals surface area contributed by atoms with Crippen molar-refractivity contribution < 1.29 is 9.47 Å². The molecule has 1 saturated heterocycles. The van der Waals surface area contributed by atoms with Gasteiger partial charge in [0.15, 0.2) is 0 Å². The Hall–Kier alpha value is -1.06. The van der Waals surface area contributed by atoms with E-state index in [-0.39, 0.29) is 17.7 Å². The van der Waals surface area contributed by atoms with Crippen molar-refractivity contribution in [1.29, 1.82) is 0 Å². The molecule has 0 aromatic heterocycles. The van der Waals surface area contributed by atoms with E-state index in [1.165, 1.54) is 11.1 Å². The molecular formula is C17H27NO2. The van der Waals surface area contributed by atoms with Gasteiger partial charge in [0, 0.05) is 6.04 Å². The Balaban J connectivity index is 2.02. The first-order valence-electron chi connectivity index (χ1n) is 7.52. The second-order valence-electron chi connectivity index (χ2n) is 6.59. The number of nitrogens with two attached hydrogens (primary N) is 1. The Kier molecular flexibility index (Phi) is 4.71. The van der Waals surface area contributed by atoms with Crippen molar-refractivity contribution in [2.24, 2.45) is 5.73 Å². The van der Waals surface area contributed by atoms with Crippen molar-refractivity contribution in [2.75, 3.05) is 6.61 Å². The molecule has 0 amide bonds. The number of hydrogen-bond acceptors (Lipinski definition) is 3. The molecule has 20 heavy (non-hydrogen) atoms. The Bertz CT molecular complexity index is 454. The van der Waals surface area contributed by atoms with Gasteiger partial charge in [-0.25, -0.2) is 0 Å². The molecule has 0 saturated carbocycles. The van der Waals surface area contributed by atoms with Crippen LogP contribution in [0.1, 0.15) is 44.7 Å². The molecule has 0 bridgehead atoms. The summed E-state index contributed by atoms with van der Waals surface area (Å²) in [5.74, 6) is 0.984. The summed E-state index contributed by atoms with van der Waals surface area (Å²) in [6.45, 7) is 9.01. The molecule has 0 radical (unpaired) electrons. The maximum Gasteiger partial charge on any atom is 0.125 e. The molecular weight excluding hydrogens is 250 g/mol. The van der Waals surface area contributed by atoms with Crippen LogP contribution in [0.2, 0.25) is 0 Å². The predicted molar refractivity (Wildman–Crippen MR) is 82.2 cm³/mol. The molecule has 3 heteroatoms. The molecule has 3 nitrogen and oxygen atoms in total. The van der Waals surface area contributed by atoms with E-state index in [0.29, 0.717) is 6.61 Å². The van der Waals surface area contributed by atoms with Gasteiger partial charge in [0.05, 0.1) is 11.7 Å². The van der Waals surface area contributed by atoms with Crippen LogP contribution in [0.3, 0.4) is 0 Å². The summed E-state index contributed by atoms with van der Waals surface area (Å²) >= 11 is 0. The number of ether oxygens (including phenoxy) is 2. The van der Waals surface area contributed by atoms with Crippen molar-refractivity contribution in [3.05, 3.63) is 29.3 Å². The van der Waals surface area contributed by atoms with Crippen LogP contribution < -0.4 is 10.5 Å². The van der Waals surface area contributed by atoms with Crippen LogP contribution >= 0.6 is 0 Å². The number of hydrogen-bond donors (Lipinski definition) is 1. The first-order chi connectivity index (χ1) is 9.37. The molecule has 2 rings (SSSR count). The third kappa shape index (κ3) is 3.97. The minimum atomic E-state index is -0.00559. The summed E-state index contributed by atoms with van der Waals surface area (Å²) < 4.78 is 12.0. The van der Waals surface area contributed by atoms with E-state index in [2.05, 4.69) is 39.0 Å². The van der Waals surface area contributed by atoms with Crippen LogP contribution in [0.4, 0.5) is 0 Å². The summed E-state index contributed by atoms with van der Waals surface area (Å²) in [6, 6.07) is 6.39. The fourth-order valence-corrected chi connectivity index (χ4v) is 2.80. The topological polar surface area (TPSA) is 44.5 Å². The highest BCUT2D eigenvalue weighted by Gasteiger charge is 2.32. The summed E-state index contributed by atoms with van der Waals surface area (Å²) in [5.41, 5.74) is 8.27. The molecule has 0 spiro atoms. The largest absolute Gasteiger partial charge is 0.490 e. The lowest BCUT2D eigenvalue weighted by molar-refractivity contribution is -0.0328. The summed E-state index contributed by atoms with van der Waals surface area (Å²) in [6.07, 6.45) is 3.21. The van der Waals surface area contributed by atoms with Gasteiger partial charge in [0.25, 0.3) is 0 Å². The summed E-state index contributed by atoms with van der Waals surface area (Å²) in [4.78, 5) is 0. The van der Waals surface area contributed by atoms with Crippen LogP contribution in [0.15, 0.2) is 18.2 Å². The second kappa shape index (κ2) is 6.15. The lowest BCUT2D eigenvalue weighted by Crippen LogP contribution is -2.24. The highest BCUT2D eigenvalue weighted by atomic mass is 16.6. The molecule has 1 aromatic carbocycles. The minimum Gasteiger partial charge on any atom is -0.490 e. The van der Waals surface area contributed by atoms with Gasteiger partial charge < -0.3 is 15.2 Å². The van der Waals surface area contributed by atoms with Crippen LogP contribution in [-0.2, 0) is 11.2 Å². The number of aryl methyl sites for hydroxylation is 1. The minimum absolute atomic E-state index is 0.00559. The molecule has 2 atom stereocenters. The summed E-state index contributed by atoms with van der Waals surface area (Å²) in [7, 11) is 0. The smallest absolute Gasteiger partial charge is 0.125 e. The number of para-hydroxylation sites is 1. The van der Waals surface area contributed by atoms with Gasteiger partial charge in [0.1, 0.15) is 12.4 Å². The quantitative estimate of drug-likeness (QED) is 0.898. The average molecular weight is 277 g/mol. The van der Waals surface area contributed by atoms with Crippen molar-refractivity contribution in [2.45, 2.75) is 64.7 Å². The Labute approximate surface area is 122 Å². The van der Waals surface area contributed by atoms with Gasteiger partial charge in [-0.1, -0.05) is 18.2 Å². The first-order valence-corrected chi connectivity index (χ1v) is 7.52. The highest BCUT2D eigenvalue weighted by molar-refractivity contribution is 5.41. The fourth-order valence-electron chi connectivity index (χ4n) is 2.80. The monoisotopic (exact) mass is 277 g/mol. The fraction of sp³-hybridized carbons (Fsp3) is 0.647. The summed E-state index contributed by atoms with van der Waals surface area (Å²) in [5, 5.41) is 0. The van der Waals surface area contributed by atoms with E-state index < -0.39 is 0 Å². The SMILES string of the molecule is Cc1cccc(CC(C)N)c1OCC1CCC(C)(C)O1. The van der Waals surface area contributed by atoms with Gasteiger partial charge in [-0.05, 0) is 58.1 Å². The van der Waals surface area contributed by atoms with E-state index >= 15 is 0 Å². The molecule has 2 N–H and O–H groups in total. The maximum absolute atomic E-state index is 6.07. The average Bonchev–Trinajstić information content (AvgIpc) is 2.67.